The molecule has 4 unspecified atom stereocenters. The predicted molar refractivity (Wildman–Crippen MR) is 65.3 cm³/mol. The fraction of sp³-hybridized carbons (Fsp3) is 1.00. The van der Waals surface area contributed by atoms with E-state index in [1.54, 1.807) is 0 Å². The van der Waals surface area contributed by atoms with E-state index in [-0.39, 0.29) is 19.1 Å². The van der Waals surface area contributed by atoms with Crippen molar-refractivity contribution in [2.75, 3.05) is 13.2 Å². The lowest BCUT2D eigenvalue weighted by molar-refractivity contribution is -0.275. The molecule has 0 spiro atoms. The lowest BCUT2D eigenvalue weighted by Gasteiger charge is -2.44. The van der Waals surface area contributed by atoms with Crippen molar-refractivity contribution in [3.8, 4) is 0 Å². The molecule has 0 bridgehead atoms. The van der Waals surface area contributed by atoms with Crippen LogP contribution in [0.2, 0.25) is 0 Å². The molecule has 0 radical (unpaired) electrons. The Balaban J connectivity index is 2.64. The van der Waals surface area contributed by atoms with Crippen LogP contribution in [0.5, 0.6) is 0 Å². The van der Waals surface area contributed by atoms with Gasteiger partial charge in [-0.3, -0.25) is 0 Å². The van der Waals surface area contributed by atoms with Crippen molar-refractivity contribution < 1.29 is 20.1 Å². The van der Waals surface area contributed by atoms with Crippen LogP contribution in [-0.2, 0) is 4.74 Å². The van der Waals surface area contributed by atoms with Gasteiger partial charge in [0.25, 0.3) is 0 Å². The molecule has 4 heteroatoms. The van der Waals surface area contributed by atoms with Gasteiger partial charge in [0.2, 0.25) is 0 Å². The molecular formula is C13H26O4. The van der Waals surface area contributed by atoms with Crippen molar-refractivity contribution in [2.24, 2.45) is 17.8 Å². The SMILES string of the molecule is CC1CCC(C(C)C)C(O)(OCC(O)CO)C1. The van der Waals surface area contributed by atoms with Crippen molar-refractivity contribution in [1.82, 2.24) is 0 Å². The number of aliphatic hydroxyl groups is 3. The van der Waals surface area contributed by atoms with Crippen LogP contribution < -0.4 is 0 Å². The van der Waals surface area contributed by atoms with Gasteiger partial charge in [-0.15, -0.1) is 0 Å². The maximum Gasteiger partial charge on any atom is 0.168 e. The summed E-state index contributed by atoms with van der Waals surface area (Å²) in [6.45, 7) is 5.92. The Bertz CT molecular complexity index is 231. The van der Waals surface area contributed by atoms with Crippen LogP contribution in [0.1, 0.15) is 40.0 Å². The van der Waals surface area contributed by atoms with Gasteiger partial charge >= 0.3 is 0 Å². The highest BCUT2D eigenvalue weighted by Crippen LogP contribution is 2.41. The third-order valence-corrected chi connectivity index (χ3v) is 3.73. The molecule has 1 aliphatic rings. The molecule has 0 aliphatic heterocycles. The minimum absolute atomic E-state index is 0.0110. The molecule has 4 atom stereocenters. The smallest absolute Gasteiger partial charge is 0.168 e. The quantitative estimate of drug-likeness (QED) is 0.636. The van der Waals surface area contributed by atoms with Crippen LogP contribution in [0, 0.1) is 17.8 Å². The van der Waals surface area contributed by atoms with Crippen molar-refractivity contribution >= 4 is 0 Å². The topological polar surface area (TPSA) is 69.9 Å². The molecule has 0 heterocycles. The van der Waals surface area contributed by atoms with E-state index in [1.165, 1.54) is 0 Å². The Hall–Kier alpha value is -0.160. The maximum absolute atomic E-state index is 10.6. The summed E-state index contributed by atoms with van der Waals surface area (Å²) in [7, 11) is 0. The molecule has 0 saturated heterocycles. The molecule has 0 aromatic rings. The summed E-state index contributed by atoms with van der Waals surface area (Å²) < 4.78 is 5.51. The highest BCUT2D eigenvalue weighted by molar-refractivity contribution is 4.87. The van der Waals surface area contributed by atoms with Gasteiger partial charge in [-0.05, 0) is 18.3 Å². The summed E-state index contributed by atoms with van der Waals surface area (Å²) in [5, 5.41) is 28.7. The van der Waals surface area contributed by atoms with Crippen LogP contribution >= 0.6 is 0 Å². The van der Waals surface area contributed by atoms with Crippen molar-refractivity contribution in [1.29, 1.82) is 0 Å². The Labute approximate surface area is 104 Å². The Kier molecular flexibility index (Phi) is 5.38. The monoisotopic (exact) mass is 246 g/mol. The van der Waals surface area contributed by atoms with Gasteiger partial charge in [0, 0.05) is 12.3 Å². The molecule has 1 rings (SSSR count). The molecule has 0 amide bonds. The van der Waals surface area contributed by atoms with E-state index >= 15 is 0 Å². The van der Waals surface area contributed by atoms with E-state index in [2.05, 4.69) is 20.8 Å². The zero-order valence-corrected chi connectivity index (χ0v) is 11.1. The summed E-state index contributed by atoms with van der Waals surface area (Å²) in [4.78, 5) is 0. The van der Waals surface area contributed by atoms with E-state index in [1.807, 2.05) is 0 Å². The highest BCUT2D eigenvalue weighted by Gasteiger charge is 2.44. The average Bonchev–Trinajstić information content (AvgIpc) is 2.25. The summed E-state index contributed by atoms with van der Waals surface area (Å²) in [6, 6.07) is 0. The predicted octanol–water partition coefficient (Wildman–Crippen LogP) is 1.14. The van der Waals surface area contributed by atoms with Crippen LogP contribution in [0.25, 0.3) is 0 Å². The van der Waals surface area contributed by atoms with Crippen molar-refractivity contribution in [3.05, 3.63) is 0 Å². The molecule has 4 nitrogen and oxygen atoms in total. The number of ether oxygens (including phenoxy) is 1. The zero-order chi connectivity index (χ0) is 13.1. The molecule has 1 aliphatic carbocycles. The summed E-state index contributed by atoms with van der Waals surface area (Å²) in [5.74, 6) is -0.272. The van der Waals surface area contributed by atoms with E-state index in [0.29, 0.717) is 18.3 Å². The lowest BCUT2D eigenvalue weighted by Crippen LogP contribution is -2.49. The highest BCUT2D eigenvalue weighted by atomic mass is 16.6. The Morgan fingerprint density at radius 3 is 2.53 bits per heavy atom. The van der Waals surface area contributed by atoms with Crippen LogP contribution in [0.15, 0.2) is 0 Å². The van der Waals surface area contributed by atoms with Gasteiger partial charge in [-0.1, -0.05) is 27.2 Å². The van der Waals surface area contributed by atoms with Crippen molar-refractivity contribution in [3.63, 3.8) is 0 Å². The first-order valence-electron chi connectivity index (χ1n) is 6.54. The van der Waals surface area contributed by atoms with E-state index in [4.69, 9.17) is 9.84 Å². The molecule has 0 aromatic heterocycles. The number of aliphatic hydroxyl groups excluding tert-OH is 2. The minimum atomic E-state index is -1.15. The van der Waals surface area contributed by atoms with Crippen molar-refractivity contribution in [2.45, 2.75) is 51.9 Å². The fourth-order valence-corrected chi connectivity index (χ4v) is 2.76. The van der Waals surface area contributed by atoms with Crippen LogP contribution in [-0.4, -0.2) is 40.4 Å². The van der Waals surface area contributed by atoms with Gasteiger partial charge in [0.05, 0.1) is 13.2 Å². The van der Waals surface area contributed by atoms with Gasteiger partial charge in [-0.2, -0.15) is 0 Å². The minimum Gasteiger partial charge on any atom is -0.394 e. The summed E-state index contributed by atoms with van der Waals surface area (Å²) in [6.07, 6.45) is 1.75. The summed E-state index contributed by atoms with van der Waals surface area (Å²) in [5.41, 5.74) is 0. The normalized spacial score (nSPS) is 36.2. The third kappa shape index (κ3) is 3.91. The second-order valence-corrected chi connectivity index (χ2v) is 5.73. The molecule has 17 heavy (non-hydrogen) atoms. The fourth-order valence-electron chi connectivity index (χ4n) is 2.76. The van der Waals surface area contributed by atoms with Gasteiger partial charge in [0.1, 0.15) is 6.10 Å². The second-order valence-electron chi connectivity index (χ2n) is 5.73. The molecule has 3 N–H and O–H groups in total. The number of hydrogen-bond acceptors (Lipinski definition) is 4. The second kappa shape index (κ2) is 6.14. The molecule has 0 aromatic carbocycles. The van der Waals surface area contributed by atoms with Crippen LogP contribution in [0.3, 0.4) is 0 Å². The third-order valence-electron chi connectivity index (χ3n) is 3.73. The average molecular weight is 246 g/mol. The molecule has 1 saturated carbocycles. The lowest BCUT2D eigenvalue weighted by atomic mass is 9.73. The molecule has 102 valence electrons. The molecular weight excluding hydrogens is 220 g/mol. The molecule has 1 fully saturated rings. The van der Waals surface area contributed by atoms with Gasteiger partial charge in [0.15, 0.2) is 5.79 Å². The maximum atomic E-state index is 10.6. The Morgan fingerprint density at radius 2 is 2.00 bits per heavy atom. The number of rotatable bonds is 5. The van der Waals surface area contributed by atoms with E-state index < -0.39 is 11.9 Å². The number of hydrogen-bond donors (Lipinski definition) is 3. The van der Waals surface area contributed by atoms with Gasteiger partial charge in [-0.25, -0.2) is 0 Å². The Morgan fingerprint density at radius 1 is 1.35 bits per heavy atom. The largest absolute Gasteiger partial charge is 0.394 e. The zero-order valence-electron chi connectivity index (χ0n) is 11.1. The standard InChI is InChI=1S/C13H26O4/c1-9(2)12-5-4-10(3)6-13(12,16)17-8-11(15)7-14/h9-12,14-16H,4-8H2,1-3H3. The van der Waals surface area contributed by atoms with E-state index in [9.17, 15) is 10.2 Å². The van der Waals surface area contributed by atoms with E-state index in [0.717, 1.165) is 12.8 Å². The van der Waals surface area contributed by atoms with Crippen LogP contribution in [0.4, 0.5) is 0 Å². The first-order valence-corrected chi connectivity index (χ1v) is 6.54. The first-order chi connectivity index (χ1) is 7.89. The first kappa shape index (κ1) is 14.9. The van der Waals surface area contributed by atoms with Gasteiger partial charge < -0.3 is 20.1 Å². The summed E-state index contributed by atoms with van der Waals surface area (Å²) >= 11 is 0.